The second kappa shape index (κ2) is 7.87. The summed E-state index contributed by atoms with van der Waals surface area (Å²) in [5.74, 6) is -0.611. The standard InChI is InChI=1S/C22H21FN4O2/c1-16(28)18-5-8-21(20(23)15-18)25-11-13-26(14-12-25)22(29)17-3-6-19(7-4-17)27-10-2-9-24-27/h2-10,15H,11-14H2,1H3. The minimum atomic E-state index is -0.410. The van der Waals surface area contributed by atoms with Gasteiger partial charge in [-0.25, -0.2) is 9.07 Å². The third-order valence-electron chi connectivity index (χ3n) is 5.14. The van der Waals surface area contributed by atoms with E-state index in [0.717, 1.165) is 5.69 Å². The van der Waals surface area contributed by atoms with Gasteiger partial charge in [0.1, 0.15) is 5.82 Å². The van der Waals surface area contributed by atoms with Gasteiger partial charge in [0.2, 0.25) is 0 Å². The molecule has 1 aliphatic rings. The highest BCUT2D eigenvalue weighted by atomic mass is 19.1. The van der Waals surface area contributed by atoms with Crippen molar-refractivity contribution in [2.75, 3.05) is 31.1 Å². The number of hydrogen-bond donors (Lipinski definition) is 0. The largest absolute Gasteiger partial charge is 0.366 e. The summed E-state index contributed by atoms with van der Waals surface area (Å²) in [6.07, 6.45) is 3.55. The monoisotopic (exact) mass is 392 g/mol. The Labute approximate surface area is 168 Å². The zero-order chi connectivity index (χ0) is 20.4. The highest BCUT2D eigenvalue weighted by molar-refractivity contribution is 5.95. The molecule has 0 aliphatic carbocycles. The lowest BCUT2D eigenvalue weighted by atomic mass is 10.1. The highest BCUT2D eigenvalue weighted by Gasteiger charge is 2.24. The van der Waals surface area contributed by atoms with Gasteiger partial charge in [-0.05, 0) is 55.5 Å². The fourth-order valence-electron chi connectivity index (χ4n) is 3.49. The number of carbonyl (C=O) groups excluding carboxylic acids is 2. The maximum Gasteiger partial charge on any atom is 0.253 e. The number of nitrogens with zero attached hydrogens (tertiary/aromatic N) is 4. The maximum atomic E-state index is 14.4. The van der Waals surface area contributed by atoms with Crippen LogP contribution in [0, 0.1) is 5.82 Å². The van der Waals surface area contributed by atoms with Crippen LogP contribution in [0.3, 0.4) is 0 Å². The number of amides is 1. The third-order valence-corrected chi connectivity index (χ3v) is 5.14. The van der Waals surface area contributed by atoms with Crippen molar-refractivity contribution < 1.29 is 14.0 Å². The van der Waals surface area contributed by atoms with Crippen molar-refractivity contribution in [1.29, 1.82) is 0 Å². The first kappa shape index (κ1) is 18.9. The summed E-state index contributed by atoms with van der Waals surface area (Å²) in [4.78, 5) is 27.9. The molecule has 4 rings (SSSR count). The van der Waals surface area contributed by atoms with Crippen LogP contribution in [0.5, 0.6) is 0 Å². The Morgan fingerprint density at radius 2 is 1.66 bits per heavy atom. The molecule has 1 aliphatic heterocycles. The molecule has 0 spiro atoms. The van der Waals surface area contributed by atoms with E-state index >= 15 is 0 Å². The Balaban J connectivity index is 1.40. The predicted molar refractivity (Wildman–Crippen MR) is 108 cm³/mol. The lowest BCUT2D eigenvalue weighted by molar-refractivity contribution is 0.0746. The summed E-state index contributed by atoms with van der Waals surface area (Å²) in [5, 5.41) is 4.18. The normalized spacial score (nSPS) is 14.1. The minimum Gasteiger partial charge on any atom is -0.366 e. The van der Waals surface area contributed by atoms with E-state index in [9.17, 15) is 14.0 Å². The number of Topliss-reactive ketones (excluding diaryl/α,β-unsaturated/α-hetero) is 1. The summed E-state index contributed by atoms with van der Waals surface area (Å²) >= 11 is 0. The van der Waals surface area contributed by atoms with E-state index in [4.69, 9.17) is 0 Å². The van der Waals surface area contributed by atoms with Gasteiger partial charge in [-0.2, -0.15) is 5.10 Å². The molecule has 148 valence electrons. The first-order valence-corrected chi connectivity index (χ1v) is 9.48. The molecule has 1 amide bonds. The van der Waals surface area contributed by atoms with E-state index in [0.29, 0.717) is 43.0 Å². The highest BCUT2D eigenvalue weighted by Crippen LogP contribution is 2.23. The lowest BCUT2D eigenvalue weighted by Gasteiger charge is -2.36. The van der Waals surface area contributed by atoms with Crippen LogP contribution in [0.25, 0.3) is 5.69 Å². The number of hydrogen-bond acceptors (Lipinski definition) is 4. The number of piperazine rings is 1. The number of carbonyl (C=O) groups is 2. The lowest BCUT2D eigenvalue weighted by Crippen LogP contribution is -2.49. The summed E-state index contributed by atoms with van der Waals surface area (Å²) in [6.45, 7) is 3.50. The SMILES string of the molecule is CC(=O)c1ccc(N2CCN(C(=O)c3ccc(-n4cccn4)cc3)CC2)c(F)c1. The molecule has 0 saturated carbocycles. The zero-order valence-corrected chi connectivity index (χ0v) is 16.1. The van der Waals surface area contributed by atoms with Crippen molar-refractivity contribution in [2.45, 2.75) is 6.92 Å². The van der Waals surface area contributed by atoms with Crippen LogP contribution in [-0.4, -0.2) is 52.5 Å². The van der Waals surface area contributed by atoms with Crippen molar-refractivity contribution in [1.82, 2.24) is 14.7 Å². The molecule has 2 aromatic carbocycles. The number of ketones is 1. The van der Waals surface area contributed by atoms with Crippen molar-refractivity contribution in [3.05, 3.63) is 77.9 Å². The molecular weight excluding hydrogens is 371 g/mol. The van der Waals surface area contributed by atoms with E-state index in [1.54, 1.807) is 40.0 Å². The Morgan fingerprint density at radius 1 is 0.966 bits per heavy atom. The van der Waals surface area contributed by atoms with Crippen LogP contribution in [0.2, 0.25) is 0 Å². The minimum absolute atomic E-state index is 0.0379. The van der Waals surface area contributed by atoms with Gasteiger partial charge >= 0.3 is 0 Å². The van der Waals surface area contributed by atoms with E-state index in [2.05, 4.69) is 5.10 Å². The van der Waals surface area contributed by atoms with Crippen molar-refractivity contribution >= 4 is 17.4 Å². The van der Waals surface area contributed by atoms with E-state index in [1.807, 2.05) is 29.3 Å². The zero-order valence-electron chi connectivity index (χ0n) is 16.1. The maximum absolute atomic E-state index is 14.4. The number of anilines is 1. The molecule has 0 bridgehead atoms. The molecule has 1 saturated heterocycles. The molecule has 0 unspecified atom stereocenters. The molecule has 6 nitrogen and oxygen atoms in total. The number of halogens is 1. The van der Waals surface area contributed by atoms with Crippen LogP contribution in [0.15, 0.2) is 60.9 Å². The van der Waals surface area contributed by atoms with Gasteiger partial charge in [-0.1, -0.05) is 0 Å². The number of benzene rings is 2. The predicted octanol–water partition coefficient (Wildman–Crippen LogP) is 3.18. The second-order valence-electron chi connectivity index (χ2n) is 7.00. The first-order valence-electron chi connectivity index (χ1n) is 9.48. The smallest absolute Gasteiger partial charge is 0.253 e. The Bertz CT molecular complexity index is 1020. The molecule has 1 fully saturated rings. The average Bonchev–Trinajstić information content (AvgIpc) is 3.28. The van der Waals surface area contributed by atoms with Gasteiger partial charge in [0.05, 0.1) is 11.4 Å². The van der Waals surface area contributed by atoms with E-state index in [1.165, 1.54) is 13.0 Å². The molecule has 1 aromatic heterocycles. The van der Waals surface area contributed by atoms with E-state index < -0.39 is 5.82 Å². The van der Waals surface area contributed by atoms with Crippen molar-refractivity contribution in [2.24, 2.45) is 0 Å². The average molecular weight is 392 g/mol. The van der Waals surface area contributed by atoms with Gasteiger partial charge in [0, 0.05) is 49.7 Å². The fourth-order valence-corrected chi connectivity index (χ4v) is 3.49. The van der Waals surface area contributed by atoms with Crippen LogP contribution >= 0.6 is 0 Å². The van der Waals surface area contributed by atoms with Crippen molar-refractivity contribution in [3.63, 3.8) is 0 Å². The van der Waals surface area contributed by atoms with Crippen LogP contribution in [-0.2, 0) is 0 Å². The van der Waals surface area contributed by atoms with Gasteiger partial charge in [-0.15, -0.1) is 0 Å². The Hall–Kier alpha value is -3.48. The van der Waals surface area contributed by atoms with Crippen LogP contribution in [0.4, 0.5) is 10.1 Å². The summed E-state index contributed by atoms with van der Waals surface area (Å²) in [5.41, 5.74) is 2.33. The molecule has 0 N–H and O–H groups in total. The second-order valence-corrected chi connectivity index (χ2v) is 7.00. The van der Waals surface area contributed by atoms with Crippen LogP contribution in [0.1, 0.15) is 27.6 Å². The molecule has 2 heterocycles. The van der Waals surface area contributed by atoms with Gasteiger partial charge in [0.15, 0.2) is 5.78 Å². The first-order chi connectivity index (χ1) is 14.0. The van der Waals surface area contributed by atoms with Gasteiger partial charge < -0.3 is 9.80 Å². The summed E-state index contributed by atoms with van der Waals surface area (Å²) < 4.78 is 16.1. The molecule has 7 heteroatoms. The van der Waals surface area contributed by atoms with E-state index in [-0.39, 0.29) is 11.7 Å². The molecular formula is C22H21FN4O2. The summed E-state index contributed by atoms with van der Waals surface area (Å²) in [7, 11) is 0. The molecule has 0 radical (unpaired) electrons. The Morgan fingerprint density at radius 3 is 2.24 bits per heavy atom. The number of rotatable bonds is 4. The quantitative estimate of drug-likeness (QED) is 0.640. The summed E-state index contributed by atoms with van der Waals surface area (Å²) in [6, 6.07) is 13.7. The fraction of sp³-hybridized carbons (Fsp3) is 0.227. The molecule has 3 aromatic rings. The molecule has 0 atom stereocenters. The van der Waals surface area contributed by atoms with Gasteiger partial charge in [-0.3, -0.25) is 9.59 Å². The third kappa shape index (κ3) is 3.89. The topological polar surface area (TPSA) is 58.4 Å². The molecule has 29 heavy (non-hydrogen) atoms. The Kier molecular flexibility index (Phi) is 5.12. The number of aromatic nitrogens is 2. The van der Waals surface area contributed by atoms with Crippen LogP contribution < -0.4 is 4.90 Å². The van der Waals surface area contributed by atoms with Gasteiger partial charge in [0.25, 0.3) is 5.91 Å². The van der Waals surface area contributed by atoms with Crippen molar-refractivity contribution in [3.8, 4) is 5.69 Å².